The molecule has 3 nitrogen and oxygen atoms in total. The fourth-order valence-electron chi connectivity index (χ4n) is 2.38. The second kappa shape index (κ2) is 8.45. The maximum absolute atomic E-state index is 14.0. The van der Waals surface area contributed by atoms with E-state index < -0.39 is 11.8 Å². The van der Waals surface area contributed by atoms with Crippen molar-refractivity contribution in [3.63, 3.8) is 0 Å². The molecule has 4 heteroatoms. The third-order valence-electron chi connectivity index (χ3n) is 3.78. The summed E-state index contributed by atoms with van der Waals surface area (Å²) in [5.41, 5.74) is 1.09. The first-order chi connectivity index (χ1) is 10.0. The van der Waals surface area contributed by atoms with Gasteiger partial charge in [0.2, 0.25) is 0 Å². The molecule has 0 bridgehead atoms. The molecule has 0 unspecified atom stereocenters. The fourth-order valence-corrected chi connectivity index (χ4v) is 2.38. The van der Waals surface area contributed by atoms with Gasteiger partial charge in [-0.1, -0.05) is 32.8 Å². The second-order valence-electron chi connectivity index (χ2n) is 5.07. The molecule has 0 amide bonds. The van der Waals surface area contributed by atoms with Crippen LogP contribution in [0.1, 0.15) is 39.2 Å². The van der Waals surface area contributed by atoms with Crippen LogP contribution in [0.2, 0.25) is 0 Å². The highest BCUT2D eigenvalue weighted by Gasteiger charge is 2.15. The first-order valence-electron chi connectivity index (χ1n) is 7.47. The van der Waals surface area contributed by atoms with Crippen LogP contribution in [0.3, 0.4) is 0 Å². The molecule has 1 N–H and O–H groups in total. The number of anilines is 1. The Kier molecular flexibility index (Phi) is 6.92. The Balaban J connectivity index is 3.14. The smallest absolute Gasteiger partial charge is 0.328 e. The SMILES string of the molecule is CCC(CC)CN(CC)c1cccc(F)c1/C=C/C(=O)O. The third kappa shape index (κ3) is 4.88. The summed E-state index contributed by atoms with van der Waals surface area (Å²) >= 11 is 0. The zero-order valence-electron chi connectivity index (χ0n) is 13.0. The number of hydrogen-bond donors (Lipinski definition) is 1. The van der Waals surface area contributed by atoms with Crippen LogP contribution in [0.4, 0.5) is 10.1 Å². The summed E-state index contributed by atoms with van der Waals surface area (Å²) < 4.78 is 14.0. The van der Waals surface area contributed by atoms with Gasteiger partial charge in [0.1, 0.15) is 5.82 Å². The molecule has 0 fully saturated rings. The number of rotatable bonds is 8. The molecule has 0 saturated carbocycles. The minimum atomic E-state index is -1.08. The van der Waals surface area contributed by atoms with E-state index in [9.17, 15) is 9.18 Å². The largest absolute Gasteiger partial charge is 0.478 e. The number of aliphatic carboxylic acids is 1. The van der Waals surface area contributed by atoms with Crippen LogP contribution in [0.15, 0.2) is 24.3 Å². The Labute approximate surface area is 126 Å². The van der Waals surface area contributed by atoms with E-state index in [-0.39, 0.29) is 0 Å². The van der Waals surface area contributed by atoms with E-state index in [2.05, 4.69) is 18.7 Å². The highest BCUT2D eigenvalue weighted by molar-refractivity contribution is 5.87. The number of halogens is 1. The van der Waals surface area contributed by atoms with Gasteiger partial charge in [0, 0.05) is 30.4 Å². The molecule has 0 aliphatic heterocycles. The van der Waals surface area contributed by atoms with Gasteiger partial charge in [0.15, 0.2) is 0 Å². The predicted octanol–water partition coefficient (Wildman–Crippen LogP) is 4.19. The molecular formula is C17H24FNO2. The molecular weight excluding hydrogens is 269 g/mol. The van der Waals surface area contributed by atoms with Gasteiger partial charge in [0.05, 0.1) is 0 Å². The maximum Gasteiger partial charge on any atom is 0.328 e. The summed E-state index contributed by atoms with van der Waals surface area (Å²) in [7, 11) is 0. The number of carboxylic acid groups (broad SMARTS) is 1. The number of carboxylic acids is 1. The Bertz CT molecular complexity index is 496. The molecule has 1 aromatic carbocycles. The van der Waals surface area contributed by atoms with Crippen molar-refractivity contribution in [3.8, 4) is 0 Å². The maximum atomic E-state index is 14.0. The van der Waals surface area contributed by atoms with Crippen molar-refractivity contribution < 1.29 is 14.3 Å². The Morgan fingerprint density at radius 3 is 2.52 bits per heavy atom. The molecule has 1 aromatic rings. The second-order valence-corrected chi connectivity index (χ2v) is 5.07. The van der Waals surface area contributed by atoms with Crippen LogP contribution < -0.4 is 4.90 Å². The molecule has 1 rings (SSSR count). The van der Waals surface area contributed by atoms with E-state index in [1.807, 2.05) is 13.0 Å². The van der Waals surface area contributed by atoms with Gasteiger partial charge in [-0.3, -0.25) is 0 Å². The summed E-state index contributed by atoms with van der Waals surface area (Å²) in [6.07, 6.45) is 4.46. The van der Waals surface area contributed by atoms with Crippen LogP contribution in [0.5, 0.6) is 0 Å². The molecule has 0 aromatic heterocycles. The average molecular weight is 293 g/mol. The topological polar surface area (TPSA) is 40.5 Å². The minimum absolute atomic E-state index is 0.340. The minimum Gasteiger partial charge on any atom is -0.478 e. The highest BCUT2D eigenvalue weighted by Crippen LogP contribution is 2.26. The van der Waals surface area contributed by atoms with E-state index in [4.69, 9.17) is 5.11 Å². The van der Waals surface area contributed by atoms with Gasteiger partial charge >= 0.3 is 5.97 Å². The van der Waals surface area contributed by atoms with E-state index in [0.29, 0.717) is 11.5 Å². The van der Waals surface area contributed by atoms with Crippen molar-refractivity contribution in [1.29, 1.82) is 0 Å². The van der Waals surface area contributed by atoms with Crippen molar-refractivity contribution in [2.45, 2.75) is 33.6 Å². The van der Waals surface area contributed by atoms with Crippen LogP contribution in [-0.4, -0.2) is 24.2 Å². The van der Waals surface area contributed by atoms with Crippen molar-refractivity contribution in [3.05, 3.63) is 35.7 Å². The molecule has 0 spiro atoms. The summed E-state index contributed by atoms with van der Waals surface area (Å²) in [4.78, 5) is 12.8. The van der Waals surface area contributed by atoms with E-state index in [1.165, 1.54) is 12.1 Å². The Morgan fingerprint density at radius 1 is 1.33 bits per heavy atom. The summed E-state index contributed by atoms with van der Waals surface area (Å²) in [6, 6.07) is 4.87. The molecule has 0 saturated heterocycles. The fraction of sp³-hybridized carbons (Fsp3) is 0.471. The number of nitrogens with zero attached hydrogens (tertiary/aromatic N) is 1. The lowest BCUT2D eigenvalue weighted by atomic mass is 10.0. The zero-order valence-corrected chi connectivity index (χ0v) is 13.0. The van der Waals surface area contributed by atoms with Crippen LogP contribution in [-0.2, 0) is 4.79 Å². The monoisotopic (exact) mass is 293 g/mol. The average Bonchev–Trinajstić information content (AvgIpc) is 2.47. The van der Waals surface area contributed by atoms with Crippen LogP contribution in [0, 0.1) is 11.7 Å². The van der Waals surface area contributed by atoms with E-state index >= 15 is 0 Å². The number of benzene rings is 1. The van der Waals surface area contributed by atoms with Crippen LogP contribution >= 0.6 is 0 Å². The molecule has 0 aliphatic carbocycles. The van der Waals surface area contributed by atoms with Gasteiger partial charge in [-0.15, -0.1) is 0 Å². The molecule has 0 radical (unpaired) electrons. The summed E-state index contributed by atoms with van der Waals surface area (Å²) in [6.45, 7) is 7.93. The molecule has 0 heterocycles. The third-order valence-corrected chi connectivity index (χ3v) is 3.78. The highest BCUT2D eigenvalue weighted by atomic mass is 19.1. The molecule has 0 atom stereocenters. The first-order valence-corrected chi connectivity index (χ1v) is 7.47. The van der Waals surface area contributed by atoms with Gasteiger partial charge in [-0.2, -0.15) is 0 Å². The molecule has 116 valence electrons. The molecule has 21 heavy (non-hydrogen) atoms. The number of hydrogen-bond acceptors (Lipinski definition) is 2. The van der Waals surface area contributed by atoms with Crippen molar-refractivity contribution in [2.24, 2.45) is 5.92 Å². The summed E-state index contributed by atoms with van der Waals surface area (Å²) in [5.74, 6) is -0.926. The zero-order chi connectivity index (χ0) is 15.8. The Morgan fingerprint density at radius 2 is 2.00 bits per heavy atom. The van der Waals surface area contributed by atoms with Gasteiger partial charge in [-0.25, -0.2) is 9.18 Å². The van der Waals surface area contributed by atoms with Gasteiger partial charge in [0.25, 0.3) is 0 Å². The van der Waals surface area contributed by atoms with E-state index in [0.717, 1.165) is 37.7 Å². The van der Waals surface area contributed by atoms with Crippen molar-refractivity contribution in [2.75, 3.05) is 18.0 Å². The lowest BCUT2D eigenvalue weighted by Gasteiger charge is -2.29. The summed E-state index contributed by atoms with van der Waals surface area (Å²) in [5, 5.41) is 8.75. The standard InChI is InChI=1S/C17H24FNO2/c1-4-13(5-2)12-19(6-3)16-9-7-8-15(18)14(16)10-11-17(20)21/h7-11,13H,4-6,12H2,1-3H3,(H,20,21)/b11-10+. The first kappa shape index (κ1) is 17.2. The predicted molar refractivity (Wildman–Crippen MR) is 85.0 cm³/mol. The lowest BCUT2D eigenvalue weighted by Crippen LogP contribution is -2.29. The number of carbonyl (C=O) groups is 1. The van der Waals surface area contributed by atoms with Gasteiger partial charge in [-0.05, 0) is 31.1 Å². The van der Waals surface area contributed by atoms with Gasteiger partial charge < -0.3 is 10.0 Å². The quantitative estimate of drug-likeness (QED) is 0.731. The lowest BCUT2D eigenvalue weighted by molar-refractivity contribution is -0.131. The van der Waals surface area contributed by atoms with Crippen molar-refractivity contribution >= 4 is 17.7 Å². The molecule has 0 aliphatic rings. The Hall–Kier alpha value is -1.84. The van der Waals surface area contributed by atoms with Crippen molar-refractivity contribution in [1.82, 2.24) is 0 Å². The van der Waals surface area contributed by atoms with Crippen LogP contribution in [0.25, 0.3) is 6.08 Å². The normalized spacial score (nSPS) is 11.3. The van der Waals surface area contributed by atoms with E-state index in [1.54, 1.807) is 6.07 Å².